The van der Waals surface area contributed by atoms with Gasteiger partial charge in [0, 0.05) is 20.1 Å². The van der Waals surface area contributed by atoms with Crippen molar-refractivity contribution in [3.8, 4) is 0 Å². The highest BCUT2D eigenvalue weighted by Crippen LogP contribution is 2.13. The molecule has 3 N–H and O–H groups in total. The molecule has 1 fully saturated rings. The molecular weight excluding hydrogens is 172 g/mol. The molecule has 1 amide bonds. The molecule has 0 bridgehead atoms. The third kappa shape index (κ3) is 2.18. The van der Waals surface area contributed by atoms with E-state index in [0.717, 1.165) is 0 Å². The topological polar surface area (TPSA) is 72.8 Å². The Kier molecular flexibility index (Phi) is 3.24. The van der Waals surface area contributed by atoms with E-state index in [9.17, 15) is 15.0 Å². The van der Waals surface area contributed by atoms with Crippen molar-refractivity contribution in [2.24, 2.45) is 0 Å². The van der Waals surface area contributed by atoms with Crippen LogP contribution in [0.15, 0.2) is 0 Å². The number of aliphatic hydroxyl groups is 2. The van der Waals surface area contributed by atoms with Gasteiger partial charge in [0.15, 0.2) is 0 Å². The van der Waals surface area contributed by atoms with E-state index in [1.54, 1.807) is 18.9 Å². The van der Waals surface area contributed by atoms with Crippen molar-refractivity contribution in [3.05, 3.63) is 0 Å². The van der Waals surface area contributed by atoms with Crippen molar-refractivity contribution in [2.75, 3.05) is 20.1 Å². The molecular formula is C8H16N2O3. The predicted octanol–water partition coefficient (Wildman–Crippen LogP) is -1.84. The fourth-order valence-corrected chi connectivity index (χ4v) is 1.49. The van der Waals surface area contributed by atoms with Gasteiger partial charge in [-0.15, -0.1) is 0 Å². The lowest BCUT2D eigenvalue weighted by Crippen LogP contribution is -2.43. The molecule has 0 radical (unpaired) electrons. The van der Waals surface area contributed by atoms with E-state index in [2.05, 4.69) is 5.32 Å². The lowest BCUT2D eigenvalue weighted by molar-refractivity contribution is -0.125. The van der Waals surface area contributed by atoms with Crippen LogP contribution in [0.2, 0.25) is 0 Å². The number of carbonyl (C=O) groups excluding carboxylic acids is 1. The fraction of sp³-hybridized carbons (Fsp3) is 0.875. The van der Waals surface area contributed by atoms with Crippen LogP contribution in [0.1, 0.15) is 6.92 Å². The van der Waals surface area contributed by atoms with Crippen molar-refractivity contribution in [1.82, 2.24) is 10.2 Å². The second-order valence-electron chi connectivity index (χ2n) is 3.38. The summed E-state index contributed by atoms with van der Waals surface area (Å²) in [5.41, 5.74) is 0. The van der Waals surface area contributed by atoms with E-state index >= 15 is 0 Å². The van der Waals surface area contributed by atoms with E-state index in [4.69, 9.17) is 0 Å². The van der Waals surface area contributed by atoms with Crippen LogP contribution in [-0.4, -0.2) is 59.4 Å². The second-order valence-corrected chi connectivity index (χ2v) is 3.38. The summed E-state index contributed by atoms with van der Waals surface area (Å²) in [6, 6.07) is -0.295. The normalized spacial score (nSPS) is 31.7. The molecule has 1 saturated heterocycles. The highest BCUT2D eigenvalue weighted by Gasteiger charge is 2.34. The summed E-state index contributed by atoms with van der Waals surface area (Å²) in [6.07, 6.45) is -1.46. The van der Waals surface area contributed by atoms with Gasteiger partial charge >= 0.3 is 0 Å². The first-order valence-electron chi connectivity index (χ1n) is 4.38. The standard InChI is InChI=1S/C8H16N2O3/c1-5(8(13)9-2)10-3-6(11)7(12)4-10/h5-7,11-12H,3-4H2,1-2H3,(H,9,13)/t5?,6-,7+. The lowest BCUT2D eigenvalue weighted by Gasteiger charge is -2.21. The van der Waals surface area contributed by atoms with E-state index < -0.39 is 12.2 Å². The number of hydrogen-bond donors (Lipinski definition) is 3. The molecule has 0 spiro atoms. The Morgan fingerprint density at radius 3 is 2.31 bits per heavy atom. The average molecular weight is 188 g/mol. The number of nitrogens with one attached hydrogen (secondary N) is 1. The molecule has 1 rings (SSSR count). The molecule has 5 nitrogen and oxygen atoms in total. The van der Waals surface area contributed by atoms with Crippen molar-refractivity contribution < 1.29 is 15.0 Å². The molecule has 76 valence electrons. The zero-order chi connectivity index (χ0) is 10.0. The summed E-state index contributed by atoms with van der Waals surface area (Å²) < 4.78 is 0. The Labute approximate surface area is 77.3 Å². The maximum atomic E-state index is 11.2. The summed E-state index contributed by atoms with van der Waals surface area (Å²) in [5, 5.41) is 21.0. The molecule has 0 aromatic rings. The van der Waals surface area contributed by atoms with Crippen LogP contribution < -0.4 is 5.32 Å². The molecule has 5 heteroatoms. The van der Waals surface area contributed by atoms with Crippen LogP contribution in [0.3, 0.4) is 0 Å². The van der Waals surface area contributed by atoms with Crippen LogP contribution in [-0.2, 0) is 4.79 Å². The molecule has 0 aromatic carbocycles. The Morgan fingerprint density at radius 1 is 1.46 bits per heavy atom. The number of hydrogen-bond acceptors (Lipinski definition) is 4. The number of carbonyl (C=O) groups is 1. The van der Waals surface area contributed by atoms with Crippen molar-refractivity contribution in [2.45, 2.75) is 25.2 Å². The fourth-order valence-electron chi connectivity index (χ4n) is 1.49. The summed E-state index contributed by atoms with van der Waals surface area (Å²) >= 11 is 0. The number of likely N-dealkylation sites (N-methyl/N-ethyl adjacent to an activating group) is 1. The van der Waals surface area contributed by atoms with Crippen LogP contribution in [0, 0.1) is 0 Å². The number of nitrogens with zero attached hydrogens (tertiary/aromatic N) is 1. The van der Waals surface area contributed by atoms with E-state index in [1.165, 1.54) is 0 Å². The largest absolute Gasteiger partial charge is 0.389 e. The van der Waals surface area contributed by atoms with Crippen LogP contribution >= 0.6 is 0 Å². The summed E-state index contributed by atoms with van der Waals surface area (Å²) in [4.78, 5) is 13.0. The van der Waals surface area contributed by atoms with E-state index in [0.29, 0.717) is 13.1 Å². The smallest absolute Gasteiger partial charge is 0.236 e. The Balaban J connectivity index is 2.50. The third-order valence-electron chi connectivity index (χ3n) is 2.46. The molecule has 0 aliphatic carbocycles. The minimum atomic E-state index is -0.730. The van der Waals surface area contributed by atoms with Gasteiger partial charge in [0.2, 0.25) is 5.91 Å². The summed E-state index contributed by atoms with van der Waals surface area (Å²) in [5.74, 6) is -0.0960. The number of amides is 1. The van der Waals surface area contributed by atoms with E-state index in [-0.39, 0.29) is 11.9 Å². The van der Waals surface area contributed by atoms with Gasteiger partial charge in [0.25, 0.3) is 0 Å². The maximum Gasteiger partial charge on any atom is 0.236 e. The highest BCUT2D eigenvalue weighted by molar-refractivity contribution is 5.81. The SMILES string of the molecule is CNC(=O)C(C)N1C[C@@H](O)[C@@H](O)C1. The molecule has 0 aromatic heterocycles. The van der Waals surface area contributed by atoms with Gasteiger partial charge in [0.05, 0.1) is 18.2 Å². The highest BCUT2D eigenvalue weighted by atomic mass is 16.3. The molecule has 3 atom stereocenters. The number of rotatable bonds is 2. The molecule has 13 heavy (non-hydrogen) atoms. The quantitative estimate of drug-likeness (QED) is 0.476. The summed E-state index contributed by atoms with van der Waals surface area (Å²) in [6.45, 7) is 2.47. The minimum Gasteiger partial charge on any atom is -0.389 e. The van der Waals surface area contributed by atoms with E-state index in [1.807, 2.05) is 0 Å². The molecule has 1 unspecified atom stereocenters. The summed E-state index contributed by atoms with van der Waals surface area (Å²) in [7, 11) is 1.57. The van der Waals surface area contributed by atoms with Crippen molar-refractivity contribution >= 4 is 5.91 Å². The van der Waals surface area contributed by atoms with Crippen molar-refractivity contribution in [3.63, 3.8) is 0 Å². The number of β-amino-alcohol motifs (C(OH)–C–C–N with tert-alkyl or cyclic N) is 2. The van der Waals surface area contributed by atoms with Gasteiger partial charge < -0.3 is 15.5 Å². The second kappa shape index (κ2) is 4.04. The zero-order valence-electron chi connectivity index (χ0n) is 7.90. The molecule has 1 aliphatic heterocycles. The lowest BCUT2D eigenvalue weighted by atomic mass is 10.3. The average Bonchev–Trinajstić information content (AvgIpc) is 2.44. The maximum absolute atomic E-state index is 11.2. The third-order valence-corrected chi connectivity index (χ3v) is 2.46. The van der Waals surface area contributed by atoms with Crippen LogP contribution in [0.25, 0.3) is 0 Å². The van der Waals surface area contributed by atoms with Crippen LogP contribution in [0.4, 0.5) is 0 Å². The van der Waals surface area contributed by atoms with Gasteiger partial charge in [-0.1, -0.05) is 0 Å². The monoisotopic (exact) mass is 188 g/mol. The molecule has 1 aliphatic rings. The predicted molar refractivity (Wildman–Crippen MR) is 47.1 cm³/mol. The number of likely N-dealkylation sites (tertiary alicyclic amines) is 1. The minimum absolute atomic E-state index is 0.0960. The Morgan fingerprint density at radius 2 is 1.92 bits per heavy atom. The molecule has 1 heterocycles. The first-order valence-corrected chi connectivity index (χ1v) is 4.38. The van der Waals surface area contributed by atoms with Gasteiger partial charge in [-0.25, -0.2) is 0 Å². The van der Waals surface area contributed by atoms with Crippen molar-refractivity contribution in [1.29, 1.82) is 0 Å². The van der Waals surface area contributed by atoms with Gasteiger partial charge in [0.1, 0.15) is 0 Å². The first kappa shape index (κ1) is 10.4. The molecule has 0 saturated carbocycles. The Bertz CT molecular complexity index is 188. The van der Waals surface area contributed by atoms with Gasteiger partial charge in [-0.2, -0.15) is 0 Å². The zero-order valence-corrected chi connectivity index (χ0v) is 7.90. The van der Waals surface area contributed by atoms with Crippen LogP contribution in [0.5, 0.6) is 0 Å². The van der Waals surface area contributed by atoms with Gasteiger partial charge in [-0.3, -0.25) is 9.69 Å². The number of aliphatic hydroxyl groups excluding tert-OH is 2. The first-order chi connectivity index (χ1) is 6.06. The van der Waals surface area contributed by atoms with Gasteiger partial charge in [-0.05, 0) is 6.92 Å². The Hall–Kier alpha value is -0.650.